The highest BCUT2D eigenvalue weighted by atomic mass is 35.5. The number of benzene rings is 1. The van der Waals surface area contributed by atoms with Crippen LogP contribution in [0.15, 0.2) is 12.1 Å². The van der Waals surface area contributed by atoms with Gasteiger partial charge in [0.05, 0.1) is 7.11 Å². The lowest BCUT2D eigenvalue weighted by molar-refractivity contribution is 0.406. The highest BCUT2D eigenvalue weighted by Gasteiger charge is 2.19. The SMILES string of the molecule is COc1cc(C2CCCN2)cc(O)c1Cl. The summed E-state index contributed by atoms with van der Waals surface area (Å²) in [6.45, 7) is 1.02. The van der Waals surface area contributed by atoms with Gasteiger partial charge in [-0.1, -0.05) is 11.6 Å². The first kappa shape index (κ1) is 10.6. The average Bonchev–Trinajstić information content (AvgIpc) is 2.75. The molecule has 0 aliphatic carbocycles. The molecule has 4 heteroatoms. The Bertz CT molecular complexity index is 362. The van der Waals surface area contributed by atoms with Crippen molar-refractivity contribution in [2.24, 2.45) is 0 Å². The molecule has 15 heavy (non-hydrogen) atoms. The zero-order chi connectivity index (χ0) is 10.8. The highest BCUT2D eigenvalue weighted by Crippen LogP contribution is 2.37. The van der Waals surface area contributed by atoms with Crippen molar-refractivity contribution in [3.8, 4) is 11.5 Å². The summed E-state index contributed by atoms with van der Waals surface area (Å²) in [6, 6.07) is 3.89. The largest absolute Gasteiger partial charge is 0.506 e. The first-order valence-electron chi connectivity index (χ1n) is 5.02. The zero-order valence-electron chi connectivity index (χ0n) is 8.59. The third-order valence-electron chi connectivity index (χ3n) is 2.72. The number of halogens is 1. The summed E-state index contributed by atoms with van der Waals surface area (Å²) >= 11 is 5.88. The summed E-state index contributed by atoms with van der Waals surface area (Å²) in [5, 5.41) is 13.3. The fraction of sp³-hybridized carbons (Fsp3) is 0.455. The van der Waals surface area contributed by atoms with E-state index in [-0.39, 0.29) is 10.8 Å². The molecule has 82 valence electrons. The van der Waals surface area contributed by atoms with Crippen LogP contribution in [0.3, 0.4) is 0 Å². The minimum Gasteiger partial charge on any atom is -0.506 e. The molecule has 0 bridgehead atoms. The van der Waals surface area contributed by atoms with Crippen LogP contribution < -0.4 is 10.1 Å². The molecule has 2 N–H and O–H groups in total. The Labute approximate surface area is 94.0 Å². The van der Waals surface area contributed by atoms with Crippen LogP contribution in [0.1, 0.15) is 24.4 Å². The lowest BCUT2D eigenvalue weighted by Gasteiger charge is -2.13. The summed E-state index contributed by atoms with van der Waals surface area (Å²) < 4.78 is 5.11. The first-order chi connectivity index (χ1) is 7.22. The first-order valence-corrected chi connectivity index (χ1v) is 5.40. The third kappa shape index (κ3) is 2.03. The molecule has 0 radical (unpaired) electrons. The Balaban J connectivity index is 2.35. The zero-order valence-corrected chi connectivity index (χ0v) is 9.34. The maximum absolute atomic E-state index is 9.63. The van der Waals surface area contributed by atoms with Gasteiger partial charge in [0.15, 0.2) is 0 Å². The second-order valence-corrected chi connectivity index (χ2v) is 4.08. The maximum atomic E-state index is 9.63. The van der Waals surface area contributed by atoms with Crippen LogP contribution in [-0.4, -0.2) is 18.8 Å². The summed E-state index contributed by atoms with van der Waals surface area (Å²) in [5.41, 5.74) is 1.03. The molecule has 0 amide bonds. The number of phenols is 1. The van der Waals surface area contributed by atoms with Gasteiger partial charge in [0.25, 0.3) is 0 Å². The smallest absolute Gasteiger partial charge is 0.141 e. The molecule has 1 aliphatic heterocycles. The van der Waals surface area contributed by atoms with E-state index in [2.05, 4.69) is 5.32 Å². The Hall–Kier alpha value is -0.930. The van der Waals surface area contributed by atoms with Crippen LogP contribution in [0.2, 0.25) is 5.02 Å². The summed E-state index contributed by atoms with van der Waals surface area (Å²) in [6.07, 6.45) is 2.25. The van der Waals surface area contributed by atoms with E-state index in [9.17, 15) is 5.11 Å². The molecular weight excluding hydrogens is 214 g/mol. The fourth-order valence-electron chi connectivity index (χ4n) is 1.92. The number of hydrogen-bond donors (Lipinski definition) is 2. The van der Waals surface area contributed by atoms with Gasteiger partial charge in [0.2, 0.25) is 0 Å². The second kappa shape index (κ2) is 4.29. The van der Waals surface area contributed by atoms with Gasteiger partial charge in [-0.05, 0) is 37.1 Å². The second-order valence-electron chi connectivity index (χ2n) is 3.71. The monoisotopic (exact) mass is 227 g/mol. The molecule has 1 saturated heterocycles. The molecule has 0 aromatic heterocycles. The molecule has 1 fully saturated rings. The number of aromatic hydroxyl groups is 1. The molecule has 0 saturated carbocycles. The molecule has 1 unspecified atom stereocenters. The van der Waals surface area contributed by atoms with E-state index in [1.807, 2.05) is 6.07 Å². The van der Waals surface area contributed by atoms with Gasteiger partial charge < -0.3 is 15.2 Å². The molecular formula is C11H14ClNO2. The van der Waals surface area contributed by atoms with Crippen molar-refractivity contribution in [1.82, 2.24) is 5.32 Å². The van der Waals surface area contributed by atoms with Crippen molar-refractivity contribution in [3.63, 3.8) is 0 Å². The normalized spacial score (nSPS) is 20.5. The van der Waals surface area contributed by atoms with Gasteiger partial charge in [-0.2, -0.15) is 0 Å². The number of ether oxygens (including phenoxy) is 1. The summed E-state index contributed by atoms with van der Waals surface area (Å²) in [5.74, 6) is 0.611. The van der Waals surface area contributed by atoms with Gasteiger partial charge >= 0.3 is 0 Å². The van der Waals surface area contributed by atoms with Crippen LogP contribution in [0.25, 0.3) is 0 Å². The molecule has 1 aliphatic rings. The topological polar surface area (TPSA) is 41.5 Å². The van der Waals surface area contributed by atoms with Gasteiger partial charge in [0.1, 0.15) is 16.5 Å². The van der Waals surface area contributed by atoms with Crippen LogP contribution in [0.5, 0.6) is 11.5 Å². The molecule has 2 rings (SSSR count). The number of methoxy groups -OCH3 is 1. The Morgan fingerprint density at radius 3 is 2.93 bits per heavy atom. The van der Waals surface area contributed by atoms with Crippen molar-refractivity contribution in [3.05, 3.63) is 22.7 Å². The van der Waals surface area contributed by atoms with E-state index in [1.165, 1.54) is 0 Å². The van der Waals surface area contributed by atoms with Gasteiger partial charge in [-0.25, -0.2) is 0 Å². The molecule has 1 heterocycles. The number of hydrogen-bond acceptors (Lipinski definition) is 3. The van der Waals surface area contributed by atoms with Crippen molar-refractivity contribution < 1.29 is 9.84 Å². The minimum absolute atomic E-state index is 0.0831. The van der Waals surface area contributed by atoms with Crippen molar-refractivity contribution in [1.29, 1.82) is 0 Å². The lowest BCUT2D eigenvalue weighted by Crippen LogP contribution is -2.12. The Morgan fingerprint density at radius 2 is 2.33 bits per heavy atom. The highest BCUT2D eigenvalue weighted by molar-refractivity contribution is 6.33. The van der Waals surface area contributed by atoms with Crippen molar-refractivity contribution in [2.45, 2.75) is 18.9 Å². The summed E-state index contributed by atoms with van der Waals surface area (Å²) in [4.78, 5) is 0. The lowest BCUT2D eigenvalue weighted by atomic mass is 10.0. The predicted octanol–water partition coefficient (Wildman–Crippen LogP) is 2.48. The molecule has 3 nitrogen and oxygen atoms in total. The molecule has 1 atom stereocenters. The fourth-order valence-corrected chi connectivity index (χ4v) is 2.11. The minimum atomic E-state index is 0.0831. The maximum Gasteiger partial charge on any atom is 0.141 e. The van der Waals surface area contributed by atoms with E-state index in [0.717, 1.165) is 24.9 Å². The molecule has 0 spiro atoms. The van der Waals surface area contributed by atoms with E-state index in [4.69, 9.17) is 16.3 Å². The number of phenolic OH excluding ortho intramolecular Hbond substituents is 1. The number of rotatable bonds is 2. The summed E-state index contributed by atoms with van der Waals surface area (Å²) in [7, 11) is 1.55. The van der Waals surface area contributed by atoms with E-state index < -0.39 is 0 Å². The molecule has 1 aromatic rings. The Morgan fingerprint density at radius 1 is 1.53 bits per heavy atom. The Kier molecular flexibility index (Phi) is 3.03. The quantitative estimate of drug-likeness (QED) is 0.816. The van der Waals surface area contributed by atoms with Crippen molar-refractivity contribution >= 4 is 11.6 Å². The van der Waals surface area contributed by atoms with Gasteiger partial charge in [0, 0.05) is 6.04 Å². The van der Waals surface area contributed by atoms with Crippen LogP contribution in [0, 0.1) is 0 Å². The van der Waals surface area contributed by atoms with Crippen LogP contribution >= 0.6 is 11.6 Å². The van der Waals surface area contributed by atoms with E-state index in [0.29, 0.717) is 11.8 Å². The van der Waals surface area contributed by atoms with Gasteiger partial charge in [-0.15, -0.1) is 0 Å². The van der Waals surface area contributed by atoms with Gasteiger partial charge in [-0.3, -0.25) is 0 Å². The standard InChI is InChI=1S/C11H14ClNO2/c1-15-10-6-7(5-9(14)11(10)12)8-3-2-4-13-8/h5-6,8,13-14H,2-4H2,1H3. The van der Waals surface area contributed by atoms with Crippen LogP contribution in [0.4, 0.5) is 0 Å². The number of nitrogens with one attached hydrogen (secondary N) is 1. The molecule has 1 aromatic carbocycles. The predicted molar refractivity (Wildman–Crippen MR) is 59.6 cm³/mol. The third-order valence-corrected chi connectivity index (χ3v) is 3.10. The average molecular weight is 228 g/mol. The van der Waals surface area contributed by atoms with Crippen LogP contribution in [-0.2, 0) is 0 Å². The van der Waals surface area contributed by atoms with E-state index >= 15 is 0 Å². The van der Waals surface area contributed by atoms with Crippen molar-refractivity contribution in [2.75, 3.05) is 13.7 Å². The van der Waals surface area contributed by atoms with E-state index in [1.54, 1.807) is 13.2 Å².